The fraction of sp³-hybridized carbons (Fsp3) is 0.500. The second-order valence-corrected chi connectivity index (χ2v) is 5.99. The maximum atomic E-state index is 12.5. The molecule has 1 aromatic carbocycles. The van der Waals surface area contributed by atoms with Gasteiger partial charge < -0.3 is 14.9 Å². The standard InChI is InChI=1S/C16H22N2O3/c1-10(2)9-14-16(21)17(4)15(18(14)11(3)19)12-5-7-13(20)8-6-12/h5-8,10,14-15,20H,9H2,1-4H3. The Morgan fingerprint density at radius 2 is 1.86 bits per heavy atom. The van der Waals surface area contributed by atoms with E-state index in [4.69, 9.17) is 0 Å². The van der Waals surface area contributed by atoms with E-state index in [1.54, 1.807) is 41.1 Å². The zero-order chi connectivity index (χ0) is 15.7. The van der Waals surface area contributed by atoms with Gasteiger partial charge in [-0.25, -0.2) is 0 Å². The van der Waals surface area contributed by atoms with E-state index in [2.05, 4.69) is 0 Å². The highest BCUT2D eigenvalue weighted by atomic mass is 16.3. The molecule has 5 nitrogen and oxygen atoms in total. The van der Waals surface area contributed by atoms with Gasteiger partial charge in [-0.05, 0) is 30.0 Å². The second-order valence-electron chi connectivity index (χ2n) is 5.99. The van der Waals surface area contributed by atoms with Crippen molar-refractivity contribution in [3.8, 4) is 5.75 Å². The summed E-state index contributed by atoms with van der Waals surface area (Å²) < 4.78 is 0. The number of likely N-dealkylation sites (N-methyl/N-ethyl adjacent to an activating group) is 1. The normalized spacial score (nSPS) is 22.2. The minimum Gasteiger partial charge on any atom is -0.508 e. The van der Waals surface area contributed by atoms with Gasteiger partial charge in [0.1, 0.15) is 18.0 Å². The van der Waals surface area contributed by atoms with E-state index in [0.29, 0.717) is 12.3 Å². The molecule has 1 fully saturated rings. The fourth-order valence-corrected chi connectivity index (χ4v) is 2.91. The molecular weight excluding hydrogens is 268 g/mol. The lowest BCUT2D eigenvalue weighted by Gasteiger charge is -2.29. The molecule has 0 radical (unpaired) electrons. The third-order valence-electron chi connectivity index (χ3n) is 3.85. The Bertz CT molecular complexity index is 539. The van der Waals surface area contributed by atoms with E-state index in [9.17, 15) is 14.7 Å². The van der Waals surface area contributed by atoms with Crippen molar-refractivity contribution in [2.24, 2.45) is 5.92 Å². The molecule has 1 heterocycles. The number of phenols is 1. The minimum absolute atomic E-state index is 0.0306. The molecule has 1 aliphatic rings. The Kier molecular flexibility index (Phi) is 4.21. The summed E-state index contributed by atoms with van der Waals surface area (Å²) in [5, 5.41) is 9.40. The smallest absolute Gasteiger partial charge is 0.247 e. The maximum Gasteiger partial charge on any atom is 0.247 e. The third kappa shape index (κ3) is 2.86. The van der Waals surface area contributed by atoms with Crippen LogP contribution in [0.3, 0.4) is 0 Å². The lowest BCUT2D eigenvalue weighted by atomic mass is 10.0. The Hall–Kier alpha value is -2.04. The van der Waals surface area contributed by atoms with Crippen molar-refractivity contribution in [3.63, 3.8) is 0 Å². The average molecular weight is 290 g/mol. The topological polar surface area (TPSA) is 60.9 Å². The van der Waals surface area contributed by atoms with Crippen molar-refractivity contribution >= 4 is 11.8 Å². The van der Waals surface area contributed by atoms with Crippen LogP contribution in [0.5, 0.6) is 5.75 Å². The van der Waals surface area contributed by atoms with Gasteiger partial charge >= 0.3 is 0 Å². The molecule has 2 rings (SSSR count). The van der Waals surface area contributed by atoms with Crippen LogP contribution in [0.25, 0.3) is 0 Å². The molecule has 0 aliphatic carbocycles. The molecule has 1 saturated heterocycles. The number of nitrogens with zero attached hydrogens (tertiary/aromatic N) is 2. The van der Waals surface area contributed by atoms with E-state index in [1.807, 2.05) is 13.8 Å². The number of amides is 2. The molecule has 0 spiro atoms. The first-order valence-electron chi connectivity index (χ1n) is 7.17. The van der Waals surface area contributed by atoms with Gasteiger partial charge in [-0.1, -0.05) is 26.0 Å². The Morgan fingerprint density at radius 3 is 2.33 bits per heavy atom. The first kappa shape index (κ1) is 15.4. The predicted molar refractivity (Wildman–Crippen MR) is 79.4 cm³/mol. The van der Waals surface area contributed by atoms with Crippen LogP contribution in [0.2, 0.25) is 0 Å². The van der Waals surface area contributed by atoms with Crippen LogP contribution in [0, 0.1) is 5.92 Å². The first-order chi connectivity index (χ1) is 9.82. The molecule has 5 heteroatoms. The summed E-state index contributed by atoms with van der Waals surface area (Å²) in [7, 11) is 1.72. The van der Waals surface area contributed by atoms with Gasteiger partial charge in [0, 0.05) is 14.0 Å². The molecule has 0 bridgehead atoms. The number of carbonyl (C=O) groups excluding carboxylic acids is 2. The molecule has 2 atom stereocenters. The molecule has 0 aromatic heterocycles. The Labute approximate surface area is 125 Å². The van der Waals surface area contributed by atoms with E-state index in [-0.39, 0.29) is 17.6 Å². The summed E-state index contributed by atoms with van der Waals surface area (Å²) in [5.41, 5.74) is 0.824. The summed E-state index contributed by atoms with van der Waals surface area (Å²) in [5.74, 6) is 0.347. The van der Waals surface area contributed by atoms with Gasteiger partial charge in [0.15, 0.2) is 0 Å². The highest BCUT2D eigenvalue weighted by Crippen LogP contribution is 2.36. The van der Waals surface area contributed by atoms with Gasteiger partial charge in [-0.3, -0.25) is 9.59 Å². The maximum absolute atomic E-state index is 12.5. The lowest BCUT2D eigenvalue weighted by Crippen LogP contribution is -2.38. The van der Waals surface area contributed by atoms with Gasteiger partial charge in [0.25, 0.3) is 0 Å². The summed E-state index contributed by atoms with van der Waals surface area (Å²) in [4.78, 5) is 27.8. The summed E-state index contributed by atoms with van der Waals surface area (Å²) in [6.07, 6.45) is 0.247. The highest BCUT2D eigenvalue weighted by Gasteiger charge is 2.46. The van der Waals surface area contributed by atoms with Crippen molar-refractivity contribution < 1.29 is 14.7 Å². The van der Waals surface area contributed by atoms with Gasteiger partial charge in [-0.2, -0.15) is 0 Å². The SMILES string of the molecule is CC(=O)N1C(CC(C)C)C(=O)N(C)C1c1ccc(O)cc1. The quantitative estimate of drug-likeness (QED) is 0.927. The van der Waals surface area contributed by atoms with E-state index in [1.165, 1.54) is 6.92 Å². The zero-order valence-corrected chi connectivity index (χ0v) is 12.9. The summed E-state index contributed by atoms with van der Waals surface area (Å²) in [6, 6.07) is 6.23. The van der Waals surface area contributed by atoms with Crippen molar-refractivity contribution in [1.29, 1.82) is 0 Å². The molecule has 114 valence electrons. The zero-order valence-electron chi connectivity index (χ0n) is 12.9. The first-order valence-corrected chi connectivity index (χ1v) is 7.17. The molecule has 21 heavy (non-hydrogen) atoms. The predicted octanol–water partition coefficient (Wildman–Crippen LogP) is 2.13. The van der Waals surface area contributed by atoms with E-state index >= 15 is 0 Å². The molecule has 1 aromatic rings. The minimum atomic E-state index is -0.411. The number of aromatic hydroxyl groups is 1. The molecule has 0 saturated carbocycles. The van der Waals surface area contributed by atoms with E-state index in [0.717, 1.165) is 5.56 Å². The number of rotatable bonds is 3. The fourth-order valence-electron chi connectivity index (χ4n) is 2.91. The van der Waals surface area contributed by atoms with E-state index < -0.39 is 12.2 Å². The number of carbonyl (C=O) groups is 2. The number of hydrogen-bond acceptors (Lipinski definition) is 3. The van der Waals surface area contributed by atoms with Crippen LogP contribution in [0.1, 0.15) is 38.9 Å². The van der Waals surface area contributed by atoms with Crippen molar-refractivity contribution in [2.75, 3.05) is 7.05 Å². The van der Waals surface area contributed by atoms with Crippen LogP contribution in [-0.4, -0.2) is 39.8 Å². The number of benzene rings is 1. The molecule has 2 unspecified atom stereocenters. The van der Waals surface area contributed by atoms with Crippen LogP contribution in [0.4, 0.5) is 0 Å². The van der Waals surface area contributed by atoms with Crippen molar-refractivity contribution in [1.82, 2.24) is 9.80 Å². The van der Waals surface area contributed by atoms with Crippen molar-refractivity contribution in [3.05, 3.63) is 29.8 Å². The van der Waals surface area contributed by atoms with Gasteiger partial charge in [0.05, 0.1) is 0 Å². The molecule has 1 aliphatic heterocycles. The Morgan fingerprint density at radius 1 is 1.29 bits per heavy atom. The summed E-state index contributed by atoms with van der Waals surface area (Å²) in [6.45, 7) is 5.58. The van der Waals surface area contributed by atoms with Crippen LogP contribution in [-0.2, 0) is 9.59 Å². The second kappa shape index (κ2) is 5.76. The molecule has 2 amide bonds. The molecule has 1 N–H and O–H groups in total. The summed E-state index contributed by atoms with van der Waals surface area (Å²) >= 11 is 0. The number of hydrogen-bond donors (Lipinski definition) is 1. The Balaban J connectivity index is 2.40. The largest absolute Gasteiger partial charge is 0.508 e. The van der Waals surface area contributed by atoms with Gasteiger partial charge in [0.2, 0.25) is 11.8 Å². The van der Waals surface area contributed by atoms with Gasteiger partial charge in [-0.15, -0.1) is 0 Å². The average Bonchev–Trinajstić information content (AvgIpc) is 2.64. The number of phenolic OH excluding ortho intramolecular Hbond substituents is 1. The van der Waals surface area contributed by atoms with Crippen molar-refractivity contribution in [2.45, 2.75) is 39.4 Å². The molecular formula is C16H22N2O3. The lowest BCUT2D eigenvalue weighted by molar-refractivity contribution is -0.135. The van der Waals surface area contributed by atoms with Crippen LogP contribution < -0.4 is 0 Å². The highest BCUT2D eigenvalue weighted by molar-refractivity contribution is 5.90. The van der Waals surface area contributed by atoms with Crippen LogP contribution >= 0.6 is 0 Å². The third-order valence-corrected chi connectivity index (χ3v) is 3.85. The monoisotopic (exact) mass is 290 g/mol. The van der Waals surface area contributed by atoms with Crippen LogP contribution in [0.15, 0.2) is 24.3 Å².